The molecule has 0 unspecified atom stereocenters. The van der Waals surface area contributed by atoms with Gasteiger partial charge >= 0.3 is 0 Å². The van der Waals surface area contributed by atoms with E-state index < -0.39 is 0 Å². The van der Waals surface area contributed by atoms with Crippen molar-refractivity contribution in [3.63, 3.8) is 0 Å². The third kappa shape index (κ3) is 2.31. The molecule has 0 saturated heterocycles. The molecule has 1 aromatic heterocycles. The lowest BCUT2D eigenvalue weighted by atomic mass is 9.73. The topological polar surface area (TPSA) is 16.4 Å². The normalized spacial score (nSPS) is 14.7. The lowest BCUT2D eigenvalue weighted by Gasteiger charge is -2.41. The second kappa shape index (κ2) is 6.13. The lowest BCUT2D eigenvalue weighted by Crippen LogP contribution is -2.30. The molecular weight excluding hydrogens is 390 g/mol. The number of rotatable bonds is 1. The highest BCUT2D eigenvalue weighted by Gasteiger charge is 2.37. The van der Waals surface area contributed by atoms with Crippen molar-refractivity contribution in [2.75, 3.05) is 4.90 Å². The highest BCUT2D eigenvalue weighted by atomic mass is 35.5. The van der Waals surface area contributed by atoms with Gasteiger partial charge in [-0.3, -0.25) is 0 Å². The van der Waals surface area contributed by atoms with E-state index in [1.807, 2.05) is 18.2 Å². The maximum atomic E-state index is 6.37. The van der Waals surface area contributed by atoms with Crippen LogP contribution in [-0.4, -0.2) is 0 Å². The zero-order valence-electron chi connectivity index (χ0n) is 16.8. The fourth-order valence-corrected chi connectivity index (χ4v) is 5.02. The Kier molecular flexibility index (Phi) is 3.60. The van der Waals surface area contributed by atoms with Gasteiger partial charge in [0.05, 0.1) is 17.1 Å². The molecule has 4 aromatic carbocycles. The Morgan fingerprint density at radius 1 is 0.700 bits per heavy atom. The summed E-state index contributed by atoms with van der Waals surface area (Å²) in [5, 5.41) is 2.85. The smallest absolute Gasteiger partial charge is 0.159 e. The third-order valence-electron chi connectivity index (χ3n) is 6.32. The average Bonchev–Trinajstić information content (AvgIpc) is 3.12. The van der Waals surface area contributed by atoms with E-state index in [-0.39, 0.29) is 5.41 Å². The second-order valence-corrected chi connectivity index (χ2v) is 8.83. The SMILES string of the molecule is CC1(C)c2ccccc2N(c2cccc3c2oc2cc(Cl)ccc23)c2ccccc21. The predicted molar refractivity (Wildman–Crippen MR) is 126 cm³/mol. The Hall–Kier alpha value is -3.23. The van der Waals surface area contributed by atoms with Crippen LogP contribution < -0.4 is 4.90 Å². The molecule has 0 atom stereocenters. The molecule has 0 radical (unpaired) electrons. The van der Waals surface area contributed by atoms with Crippen LogP contribution >= 0.6 is 11.6 Å². The van der Waals surface area contributed by atoms with Crippen LogP contribution in [0.4, 0.5) is 17.1 Å². The van der Waals surface area contributed by atoms with Crippen LogP contribution in [0.25, 0.3) is 21.9 Å². The van der Waals surface area contributed by atoms with Crippen LogP contribution in [0.2, 0.25) is 5.02 Å². The predicted octanol–water partition coefficient (Wildman–Crippen LogP) is 8.35. The van der Waals surface area contributed by atoms with E-state index in [4.69, 9.17) is 16.0 Å². The Balaban J connectivity index is 1.71. The summed E-state index contributed by atoms with van der Waals surface area (Å²) in [7, 11) is 0. The van der Waals surface area contributed by atoms with Crippen LogP contribution in [0.1, 0.15) is 25.0 Å². The fraction of sp³-hybridized carbons (Fsp3) is 0.111. The number of anilines is 3. The number of hydrogen-bond acceptors (Lipinski definition) is 2. The molecule has 2 heterocycles. The highest BCUT2D eigenvalue weighted by molar-refractivity contribution is 6.31. The number of hydrogen-bond donors (Lipinski definition) is 0. The number of para-hydroxylation sites is 3. The number of fused-ring (bicyclic) bond motifs is 5. The largest absolute Gasteiger partial charge is 0.454 e. The Bertz CT molecular complexity index is 1400. The van der Waals surface area contributed by atoms with Crippen molar-refractivity contribution < 1.29 is 4.42 Å². The summed E-state index contributed by atoms with van der Waals surface area (Å²) in [6, 6.07) is 29.5. The van der Waals surface area contributed by atoms with Gasteiger partial charge in [-0.15, -0.1) is 0 Å². The van der Waals surface area contributed by atoms with Gasteiger partial charge in [0, 0.05) is 27.3 Å². The number of halogens is 1. The molecule has 0 N–H and O–H groups in total. The molecule has 0 saturated carbocycles. The van der Waals surface area contributed by atoms with Gasteiger partial charge in [-0.2, -0.15) is 0 Å². The van der Waals surface area contributed by atoms with Crippen molar-refractivity contribution in [1.82, 2.24) is 0 Å². The van der Waals surface area contributed by atoms with E-state index in [0.29, 0.717) is 5.02 Å². The number of benzene rings is 4. The lowest BCUT2D eigenvalue weighted by molar-refractivity contribution is 0.630. The van der Waals surface area contributed by atoms with Gasteiger partial charge in [0.1, 0.15) is 5.58 Å². The summed E-state index contributed by atoms with van der Waals surface area (Å²) < 4.78 is 6.37. The molecule has 6 rings (SSSR count). The van der Waals surface area contributed by atoms with Crippen molar-refractivity contribution in [1.29, 1.82) is 0 Å². The van der Waals surface area contributed by atoms with Gasteiger partial charge in [0.2, 0.25) is 0 Å². The summed E-state index contributed by atoms with van der Waals surface area (Å²) in [6.45, 7) is 4.59. The van der Waals surface area contributed by atoms with Crippen molar-refractivity contribution in [3.05, 3.63) is 101 Å². The monoisotopic (exact) mass is 409 g/mol. The molecule has 0 bridgehead atoms. The van der Waals surface area contributed by atoms with E-state index in [0.717, 1.165) is 27.6 Å². The molecule has 2 nitrogen and oxygen atoms in total. The molecule has 146 valence electrons. The first-order valence-corrected chi connectivity index (χ1v) is 10.5. The average molecular weight is 410 g/mol. The minimum Gasteiger partial charge on any atom is -0.454 e. The van der Waals surface area contributed by atoms with E-state index in [1.165, 1.54) is 22.5 Å². The Morgan fingerprint density at radius 2 is 1.33 bits per heavy atom. The summed E-state index contributed by atoms with van der Waals surface area (Å²) in [5.41, 5.74) is 7.62. The first kappa shape index (κ1) is 17.6. The van der Waals surface area contributed by atoms with Crippen LogP contribution in [0.15, 0.2) is 89.3 Å². The minimum atomic E-state index is -0.0843. The molecule has 0 amide bonds. The molecule has 0 spiro atoms. The van der Waals surface area contributed by atoms with Gasteiger partial charge in [0.15, 0.2) is 5.58 Å². The van der Waals surface area contributed by atoms with Crippen LogP contribution in [0.5, 0.6) is 0 Å². The standard InChI is InChI=1S/C27H20ClNO/c1-27(2)20-9-3-5-11-22(20)29(23-12-6-4-10-21(23)27)24-13-7-8-19-18-15-14-17(28)16-25(18)30-26(19)24/h3-16H,1-2H3. The molecule has 30 heavy (non-hydrogen) atoms. The summed E-state index contributed by atoms with van der Waals surface area (Å²) >= 11 is 6.23. The van der Waals surface area contributed by atoms with Gasteiger partial charge in [0.25, 0.3) is 0 Å². The molecule has 3 heteroatoms. The van der Waals surface area contributed by atoms with E-state index >= 15 is 0 Å². The first-order chi connectivity index (χ1) is 14.6. The van der Waals surface area contributed by atoms with Gasteiger partial charge < -0.3 is 9.32 Å². The van der Waals surface area contributed by atoms with Crippen molar-refractivity contribution in [3.8, 4) is 0 Å². The zero-order chi connectivity index (χ0) is 20.5. The molecule has 0 fully saturated rings. The van der Waals surface area contributed by atoms with Gasteiger partial charge in [-0.05, 0) is 41.5 Å². The first-order valence-electron chi connectivity index (χ1n) is 10.2. The fourth-order valence-electron chi connectivity index (χ4n) is 4.86. The van der Waals surface area contributed by atoms with Crippen molar-refractivity contribution in [2.45, 2.75) is 19.3 Å². The highest BCUT2D eigenvalue weighted by Crippen LogP contribution is 2.53. The minimum absolute atomic E-state index is 0.0843. The van der Waals surface area contributed by atoms with E-state index in [1.54, 1.807) is 0 Å². The Labute approximate surface area is 180 Å². The zero-order valence-corrected chi connectivity index (χ0v) is 17.6. The third-order valence-corrected chi connectivity index (χ3v) is 6.55. The van der Waals surface area contributed by atoms with E-state index in [2.05, 4.69) is 85.5 Å². The van der Waals surface area contributed by atoms with Crippen molar-refractivity contribution in [2.24, 2.45) is 0 Å². The molecule has 5 aromatic rings. The molecule has 1 aliphatic heterocycles. The van der Waals surface area contributed by atoms with Gasteiger partial charge in [-0.1, -0.05) is 74.0 Å². The van der Waals surface area contributed by atoms with Crippen LogP contribution in [0, 0.1) is 0 Å². The maximum absolute atomic E-state index is 6.37. The summed E-state index contributed by atoms with van der Waals surface area (Å²) in [6.07, 6.45) is 0. The quantitative estimate of drug-likeness (QED) is 0.276. The van der Waals surface area contributed by atoms with Gasteiger partial charge in [-0.25, -0.2) is 0 Å². The van der Waals surface area contributed by atoms with Crippen LogP contribution in [-0.2, 0) is 5.41 Å². The molecular formula is C27H20ClNO. The summed E-state index contributed by atoms with van der Waals surface area (Å²) in [4.78, 5) is 2.34. The summed E-state index contributed by atoms with van der Waals surface area (Å²) in [5.74, 6) is 0. The van der Waals surface area contributed by atoms with E-state index in [9.17, 15) is 0 Å². The molecule has 0 aliphatic carbocycles. The number of furan rings is 1. The molecule has 1 aliphatic rings. The maximum Gasteiger partial charge on any atom is 0.159 e. The van der Waals surface area contributed by atoms with Crippen molar-refractivity contribution >= 4 is 50.6 Å². The second-order valence-electron chi connectivity index (χ2n) is 8.39. The van der Waals surface area contributed by atoms with Crippen LogP contribution in [0.3, 0.4) is 0 Å². The Morgan fingerprint density at radius 3 is 2.03 bits per heavy atom. The number of nitrogens with zero attached hydrogens (tertiary/aromatic N) is 1.